The number of nitrogens with one attached hydrogen (secondary N) is 1. The molecule has 0 radical (unpaired) electrons. The predicted molar refractivity (Wildman–Crippen MR) is 118 cm³/mol. The van der Waals surface area contributed by atoms with Crippen molar-refractivity contribution >= 4 is 44.1 Å². The molecule has 4 rings (SSSR count). The fraction of sp³-hybridized carbons (Fsp3) is 0.227. The van der Waals surface area contributed by atoms with Crippen LogP contribution in [0.4, 0.5) is 5.69 Å². The first-order valence-electron chi connectivity index (χ1n) is 9.74. The van der Waals surface area contributed by atoms with E-state index >= 15 is 0 Å². The summed E-state index contributed by atoms with van der Waals surface area (Å²) in [5.74, 6) is -0.491. The van der Waals surface area contributed by atoms with Gasteiger partial charge in [-0.05, 0) is 55.3 Å². The number of aromatic nitrogens is 1. The number of piperidine rings is 1. The zero-order valence-electron chi connectivity index (χ0n) is 16.5. The number of nitrogens with zero attached hydrogens (tertiary/aromatic N) is 3. The molecule has 3 aromatic rings. The van der Waals surface area contributed by atoms with Crippen LogP contribution in [0.3, 0.4) is 0 Å². The van der Waals surface area contributed by atoms with Gasteiger partial charge in [-0.15, -0.1) is 0 Å². The molecule has 1 aliphatic heterocycles. The summed E-state index contributed by atoms with van der Waals surface area (Å²) in [5.41, 5.74) is 1.60. The first kappa shape index (κ1) is 21.2. The van der Waals surface area contributed by atoms with E-state index in [0.29, 0.717) is 34.6 Å². The minimum absolute atomic E-state index is 0.144. The van der Waals surface area contributed by atoms with E-state index in [1.54, 1.807) is 24.4 Å². The number of fused-ring (bicyclic) bond motifs is 1. The fourth-order valence-electron chi connectivity index (χ4n) is 3.69. The van der Waals surface area contributed by atoms with Crippen molar-refractivity contribution in [3.63, 3.8) is 0 Å². The maximum atomic E-state index is 12.9. The number of pyridine rings is 1. The van der Waals surface area contributed by atoms with Crippen molar-refractivity contribution in [2.24, 2.45) is 5.92 Å². The third-order valence-corrected chi connectivity index (χ3v) is 7.50. The third kappa shape index (κ3) is 4.39. The molecule has 0 saturated carbocycles. The van der Waals surface area contributed by atoms with Gasteiger partial charge in [0.1, 0.15) is 0 Å². The average Bonchev–Trinajstić information content (AvgIpc) is 2.79. The van der Waals surface area contributed by atoms with Gasteiger partial charge < -0.3 is 5.32 Å². The third-order valence-electron chi connectivity index (χ3n) is 5.37. The lowest BCUT2D eigenvalue weighted by Gasteiger charge is -2.30. The second-order valence-corrected chi connectivity index (χ2v) is 9.71. The van der Waals surface area contributed by atoms with Crippen LogP contribution < -0.4 is 5.32 Å². The molecule has 158 valence electrons. The van der Waals surface area contributed by atoms with Crippen molar-refractivity contribution in [3.8, 4) is 6.07 Å². The number of amides is 1. The molecule has 0 bridgehead atoms. The van der Waals surface area contributed by atoms with Gasteiger partial charge in [-0.2, -0.15) is 9.57 Å². The second-order valence-electron chi connectivity index (χ2n) is 7.33. The van der Waals surface area contributed by atoms with Crippen LogP contribution in [0.1, 0.15) is 18.4 Å². The highest BCUT2D eigenvalue weighted by molar-refractivity contribution is 7.89. The van der Waals surface area contributed by atoms with Gasteiger partial charge >= 0.3 is 0 Å². The van der Waals surface area contributed by atoms with E-state index in [-0.39, 0.29) is 29.8 Å². The van der Waals surface area contributed by atoms with E-state index in [1.807, 2.05) is 12.1 Å². The number of sulfonamides is 1. The average molecular weight is 455 g/mol. The van der Waals surface area contributed by atoms with Crippen molar-refractivity contribution in [3.05, 3.63) is 65.3 Å². The Kier molecular flexibility index (Phi) is 5.92. The summed E-state index contributed by atoms with van der Waals surface area (Å²) in [5, 5.41) is 13.1. The number of halogens is 1. The molecular formula is C22H19ClN4O3S. The summed E-state index contributed by atoms with van der Waals surface area (Å²) in [4.78, 5) is 17.3. The minimum Gasteiger partial charge on any atom is -0.324 e. The Balaban J connectivity index is 1.44. The monoisotopic (exact) mass is 454 g/mol. The predicted octanol–water partition coefficient (Wildman–Crippen LogP) is 3.80. The first-order chi connectivity index (χ1) is 14.9. The summed E-state index contributed by atoms with van der Waals surface area (Å²) >= 11 is 6.17. The molecule has 0 spiro atoms. The Labute approximate surface area is 185 Å². The number of rotatable bonds is 4. The van der Waals surface area contributed by atoms with Crippen molar-refractivity contribution in [1.82, 2.24) is 9.29 Å². The van der Waals surface area contributed by atoms with E-state index in [9.17, 15) is 13.2 Å². The molecule has 1 aliphatic rings. The number of benzene rings is 2. The van der Waals surface area contributed by atoms with Crippen LogP contribution >= 0.6 is 11.6 Å². The second kappa shape index (κ2) is 8.63. The summed E-state index contributed by atoms with van der Waals surface area (Å²) in [6.45, 7) is 0.490. The highest BCUT2D eigenvalue weighted by Gasteiger charge is 2.32. The SMILES string of the molecule is N#Cc1ccc(S(=O)(=O)N2CCC(C(=O)Nc3cc(Cl)cc4cccnc34)CC2)cc1. The van der Waals surface area contributed by atoms with Crippen molar-refractivity contribution < 1.29 is 13.2 Å². The Bertz CT molecular complexity index is 1280. The van der Waals surface area contributed by atoms with Gasteiger partial charge in [0.15, 0.2) is 0 Å². The molecule has 7 nitrogen and oxygen atoms in total. The van der Waals surface area contributed by atoms with E-state index < -0.39 is 10.0 Å². The van der Waals surface area contributed by atoms with Gasteiger partial charge in [0, 0.05) is 35.6 Å². The van der Waals surface area contributed by atoms with Crippen LogP contribution in [0.2, 0.25) is 5.02 Å². The standard InChI is InChI=1S/C22H19ClN4O3S/c23-18-12-17-2-1-9-25-21(17)20(13-18)26-22(28)16-7-10-27(11-8-16)31(29,30)19-5-3-15(14-24)4-6-19/h1-6,9,12-13,16H,7-8,10-11H2,(H,26,28). The van der Waals surface area contributed by atoms with Gasteiger partial charge in [-0.3, -0.25) is 9.78 Å². The minimum atomic E-state index is -3.66. The molecule has 1 saturated heterocycles. The lowest BCUT2D eigenvalue weighted by atomic mass is 9.97. The van der Waals surface area contributed by atoms with Crippen molar-refractivity contribution in [2.45, 2.75) is 17.7 Å². The zero-order valence-corrected chi connectivity index (χ0v) is 18.0. The van der Waals surface area contributed by atoms with Gasteiger partial charge in [-0.1, -0.05) is 17.7 Å². The maximum absolute atomic E-state index is 12.9. The Morgan fingerprint density at radius 2 is 1.87 bits per heavy atom. The fourth-order valence-corrected chi connectivity index (χ4v) is 5.39. The van der Waals surface area contributed by atoms with Crippen LogP contribution in [0.15, 0.2) is 59.6 Å². The first-order valence-corrected chi connectivity index (χ1v) is 11.6. The molecule has 1 fully saturated rings. The smallest absolute Gasteiger partial charge is 0.243 e. The largest absolute Gasteiger partial charge is 0.324 e. The highest BCUT2D eigenvalue weighted by atomic mass is 35.5. The van der Waals surface area contributed by atoms with Crippen LogP contribution in [0.5, 0.6) is 0 Å². The molecular weight excluding hydrogens is 436 g/mol. The number of carbonyl (C=O) groups is 1. The number of carbonyl (C=O) groups excluding carboxylic acids is 1. The lowest BCUT2D eigenvalue weighted by molar-refractivity contribution is -0.120. The molecule has 1 aromatic heterocycles. The Hall–Kier alpha value is -2.99. The van der Waals surface area contributed by atoms with Gasteiger partial charge in [0.25, 0.3) is 0 Å². The van der Waals surface area contributed by atoms with E-state index in [1.165, 1.54) is 28.6 Å². The number of anilines is 1. The van der Waals surface area contributed by atoms with Crippen LogP contribution in [-0.2, 0) is 14.8 Å². The highest BCUT2D eigenvalue weighted by Crippen LogP contribution is 2.29. The summed E-state index contributed by atoms with van der Waals surface area (Å²) in [7, 11) is -3.66. The molecule has 0 aliphatic carbocycles. The molecule has 31 heavy (non-hydrogen) atoms. The lowest BCUT2D eigenvalue weighted by Crippen LogP contribution is -2.41. The molecule has 1 amide bonds. The maximum Gasteiger partial charge on any atom is 0.243 e. The molecule has 1 N–H and O–H groups in total. The van der Waals surface area contributed by atoms with E-state index in [0.717, 1.165) is 5.39 Å². The number of hydrogen-bond acceptors (Lipinski definition) is 5. The van der Waals surface area contributed by atoms with Crippen LogP contribution in [0, 0.1) is 17.2 Å². The molecule has 2 aromatic carbocycles. The summed E-state index contributed by atoms with van der Waals surface area (Å²) in [6, 6.07) is 14.9. The van der Waals surface area contributed by atoms with Gasteiger partial charge in [0.05, 0.1) is 27.7 Å². The van der Waals surface area contributed by atoms with Gasteiger partial charge in [-0.25, -0.2) is 8.42 Å². The van der Waals surface area contributed by atoms with E-state index in [4.69, 9.17) is 16.9 Å². The molecule has 2 heterocycles. The topological polar surface area (TPSA) is 103 Å². The molecule has 0 atom stereocenters. The van der Waals surface area contributed by atoms with E-state index in [2.05, 4.69) is 10.3 Å². The normalized spacial score (nSPS) is 15.5. The Morgan fingerprint density at radius 1 is 1.16 bits per heavy atom. The number of nitriles is 1. The van der Waals surface area contributed by atoms with Crippen molar-refractivity contribution in [1.29, 1.82) is 5.26 Å². The Morgan fingerprint density at radius 3 is 2.55 bits per heavy atom. The van der Waals surface area contributed by atoms with Gasteiger partial charge in [0.2, 0.25) is 15.9 Å². The van der Waals surface area contributed by atoms with Crippen molar-refractivity contribution in [2.75, 3.05) is 18.4 Å². The van der Waals surface area contributed by atoms with Crippen LogP contribution in [0.25, 0.3) is 10.9 Å². The number of hydrogen-bond donors (Lipinski definition) is 1. The molecule has 0 unspecified atom stereocenters. The molecule has 9 heteroatoms. The quantitative estimate of drug-likeness (QED) is 0.645. The summed E-state index contributed by atoms with van der Waals surface area (Å²) < 4.78 is 27.1. The van der Waals surface area contributed by atoms with Crippen LogP contribution in [-0.4, -0.2) is 36.7 Å². The summed E-state index contributed by atoms with van der Waals surface area (Å²) in [6.07, 6.45) is 2.47. The zero-order chi connectivity index (χ0) is 22.0.